The van der Waals surface area contributed by atoms with Gasteiger partial charge in [0, 0.05) is 4.47 Å². The summed E-state index contributed by atoms with van der Waals surface area (Å²) in [5, 5.41) is 9.38. The molecular formula is C12H7BrCl3NO3S. The van der Waals surface area contributed by atoms with Gasteiger partial charge in [-0.1, -0.05) is 50.7 Å². The highest BCUT2D eigenvalue weighted by molar-refractivity contribution is 9.10. The number of nitrogens with one attached hydrogen (secondary N) is 1. The number of benzene rings is 2. The minimum atomic E-state index is -3.91. The number of sulfonamides is 1. The average molecular weight is 432 g/mol. The van der Waals surface area contributed by atoms with E-state index in [1.807, 2.05) is 0 Å². The van der Waals surface area contributed by atoms with Crippen molar-refractivity contribution in [1.82, 2.24) is 0 Å². The van der Waals surface area contributed by atoms with Gasteiger partial charge in [0.15, 0.2) is 5.75 Å². The number of hydrogen-bond acceptors (Lipinski definition) is 3. The molecule has 0 aliphatic heterocycles. The lowest BCUT2D eigenvalue weighted by Crippen LogP contribution is -2.13. The molecule has 112 valence electrons. The van der Waals surface area contributed by atoms with Gasteiger partial charge in [-0.2, -0.15) is 0 Å². The number of hydrogen-bond donors (Lipinski definition) is 2. The fourth-order valence-electron chi connectivity index (χ4n) is 1.53. The van der Waals surface area contributed by atoms with E-state index in [4.69, 9.17) is 34.8 Å². The van der Waals surface area contributed by atoms with Gasteiger partial charge in [0.25, 0.3) is 10.0 Å². The van der Waals surface area contributed by atoms with Gasteiger partial charge in [-0.15, -0.1) is 0 Å². The second-order valence-electron chi connectivity index (χ2n) is 3.97. The molecule has 0 aliphatic carbocycles. The van der Waals surface area contributed by atoms with E-state index in [2.05, 4.69) is 20.7 Å². The summed E-state index contributed by atoms with van der Waals surface area (Å²) in [5.74, 6) is -0.317. The summed E-state index contributed by atoms with van der Waals surface area (Å²) in [6.45, 7) is 0. The summed E-state index contributed by atoms with van der Waals surface area (Å²) in [5.41, 5.74) is 0.113. The third kappa shape index (κ3) is 3.76. The Hall–Kier alpha value is -0.660. The van der Waals surface area contributed by atoms with Crippen molar-refractivity contribution in [1.29, 1.82) is 0 Å². The van der Waals surface area contributed by atoms with E-state index in [0.29, 0.717) is 4.47 Å². The van der Waals surface area contributed by atoms with Crippen LogP contribution in [0.3, 0.4) is 0 Å². The molecule has 2 rings (SSSR count). The Morgan fingerprint density at radius 1 is 1.00 bits per heavy atom. The predicted molar refractivity (Wildman–Crippen MR) is 88.1 cm³/mol. The van der Waals surface area contributed by atoms with Crippen molar-refractivity contribution < 1.29 is 13.5 Å². The van der Waals surface area contributed by atoms with Crippen LogP contribution in [0.5, 0.6) is 5.75 Å². The molecule has 0 fully saturated rings. The molecule has 0 heterocycles. The molecule has 0 aliphatic rings. The van der Waals surface area contributed by atoms with Crippen molar-refractivity contribution in [3.8, 4) is 5.75 Å². The molecule has 9 heteroatoms. The van der Waals surface area contributed by atoms with Gasteiger partial charge in [-0.3, -0.25) is 4.72 Å². The van der Waals surface area contributed by atoms with Gasteiger partial charge >= 0.3 is 0 Å². The lowest BCUT2D eigenvalue weighted by Gasteiger charge is -2.11. The molecular weight excluding hydrogens is 424 g/mol. The molecule has 0 amide bonds. The molecule has 0 saturated heterocycles. The van der Waals surface area contributed by atoms with Gasteiger partial charge in [0.2, 0.25) is 0 Å². The van der Waals surface area contributed by atoms with Crippen LogP contribution in [-0.4, -0.2) is 13.5 Å². The monoisotopic (exact) mass is 429 g/mol. The van der Waals surface area contributed by atoms with Crippen molar-refractivity contribution in [2.45, 2.75) is 4.90 Å². The summed E-state index contributed by atoms with van der Waals surface area (Å²) in [7, 11) is -3.91. The largest absolute Gasteiger partial charge is 0.505 e. The van der Waals surface area contributed by atoms with E-state index in [-0.39, 0.29) is 31.4 Å². The Bertz CT molecular complexity index is 788. The number of aromatic hydroxyl groups is 1. The van der Waals surface area contributed by atoms with Gasteiger partial charge in [0.05, 0.1) is 20.8 Å². The molecule has 0 bridgehead atoms. The van der Waals surface area contributed by atoms with Crippen LogP contribution in [0.2, 0.25) is 15.1 Å². The molecule has 0 saturated carbocycles. The smallest absolute Gasteiger partial charge is 0.263 e. The van der Waals surface area contributed by atoms with E-state index in [1.165, 1.54) is 24.3 Å². The molecule has 4 nitrogen and oxygen atoms in total. The molecule has 2 aromatic carbocycles. The van der Waals surface area contributed by atoms with Crippen molar-refractivity contribution in [3.05, 3.63) is 49.9 Å². The van der Waals surface area contributed by atoms with Crippen molar-refractivity contribution in [2.24, 2.45) is 0 Å². The lowest BCUT2D eigenvalue weighted by atomic mass is 10.3. The predicted octanol–water partition coefficient (Wildman–Crippen LogP) is 4.92. The fraction of sp³-hybridized carbons (Fsp3) is 0. The average Bonchev–Trinajstić information content (AvgIpc) is 2.34. The Balaban J connectivity index is 2.42. The highest BCUT2D eigenvalue weighted by atomic mass is 79.9. The molecule has 2 aromatic rings. The van der Waals surface area contributed by atoms with Crippen molar-refractivity contribution in [2.75, 3.05) is 4.72 Å². The van der Waals surface area contributed by atoms with E-state index in [9.17, 15) is 13.5 Å². The van der Waals surface area contributed by atoms with Gasteiger partial charge < -0.3 is 5.11 Å². The van der Waals surface area contributed by atoms with Gasteiger partial charge in [-0.25, -0.2) is 8.42 Å². The number of anilines is 1. The highest BCUT2D eigenvalue weighted by Gasteiger charge is 2.19. The normalized spacial score (nSPS) is 11.4. The van der Waals surface area contributed by atoms with Crippen LogP contribution in [0.15, 0.2) is 39.7 Å². The fourth-order valence-corrected chi connectivity index (χ4v) is 4.09. The highest BCUT2D eigenvalue weighted by Crippen LogP contribution is 2.35. The maximum atomic E-state index is 12.3. The molecule has 21 heavy (non-hydrogen) atoms. The van der Waals surface area contributed by atoms with Crippen molar-refractivity contribution in [3.63, 3.8) is 0 Å². The Morgan fingerprint density at radius 3 is 2.10 bits per heavy atom. The zero-order valence-corrected chi connectivity index (χ0v) is 14.7. The summed E-state index contributed by atoms with van der Waals surface area (Å²) >= 11 is 20.6. The van der Waals surface area contributed by atoms with E-state index in [0.717, 1.165) is 0 Å². The summed E-state index contributed by atoms with van der Waals surface area (Å²) in [6.07, 6.45) is 0. The summed E-state index contributed by atoms with van der Waals surface area (Å²) in [4.78, 5) is -0.0901. The van der Waals surface area contributed by atoms with E-state index < -0.39 is 10.0 Å². The minimum Gasteiger partial charge on any atom is -0.505 e. The maximum Gasteiger partial charge on any atom is 0.263 e. The third-order valence-corrected chi connectivity index (χ3v) is 5.39. The molecule has 2 N–H and O–H groups in total. The number of halogens is 4. The standard InChI is InChI=1S/C12H7BrCl3NO3S/c13-6-1-2-11(8(14)3-6)21(19,20)17-7-4-9(15)12(18)10(16)5-7/h1-5,17-18H. The maximum absolute atomic E-state index is 12.3. The van der Waals surface area contributed by atoms with Crippen LogP contribution < -0.4 is 4.72 Å². The minimum absolute atomic E-state index is 0.0628. The topological polar surface area (TPSA) is 66.4 Å². The quantitative estimate of drug-likeness (QED) is 0.678. The first-order valence-electron chi connectivity index (χ1n) is 5.36. The second-order valence-corrected chi connectivity index (χ2v) is 7.76. The second kappa shape index (κ2) is 6.22. The van der Waals surface area contributed by atoms with Crippen LogP contribution in [0.1, 0.15) is 0 Å². The SMILES string of the molecule is O=S(=O)(Nc1cc(Cl)c(O)c(Cl)c1)c1ccc(Br)cc1Cl. The van der Waals surface area contributed by atoms with Crippen LogP contribution >= 0.6 is 50.7 Å². The van der Waals surface area contributed by atoms with Crippen LogP contribution in [0.4, 0.5) is 5.69 Å². The molecule has 0 atom stereocenters. The van der Waals surface area contributed by atoms with Crippen LogP contribution in [0.25, 0.3) is 0 Å². The van der Waals surface area contributed by atoms with Crippen LogP contribution in [-0.2, 0) is 10.0 Å². The molecule has 0 aromatic heterocycles. The zero-order valence-electron chi connectivity index (χ0n) is 10.1. The summed E-state index contributed by atoms with van der Waals surface area (Å²) < 4.78 is 27.5. The number of phenolic OH excluding ortho intramolecular Hbond substituents is 1. The summed E-state index contributed by atoms with van der Waals surface area (Å²) in [6, 6.07) is 6.86. The van der Waals surface area contributed by atoms with Gasteiger partial charge in [-0.05, 0) is 30.3 Å². The van der Waals surface area contributed by atoms with Crippen molar-refractivity contribution >= 4 is 66.4 Å². The first-order chi connectivity index (χ1) is 9.70. The molecule has 0 unspecified atom stereocenters. The molecule has 0 radical (unpaired) electrons. The number of rotatable bonds is 3. The first-order valence-corrected chi connectivity index (χ1v) is 8.77. The Labute approximate surface area is 144 Å². The molecule has 0 spiro atoms. The zero-order chi connectivity index (χ0) is 15.8. The first kappa shape index (κ1) is 16.7. The van der Waals surface area contributed by atoms with E-state index >= 15 is 0 Å². The van der Waals surface area contributed by atoms with Gasteiger partial charge in [0.1, 0.15) is 4.90 Å². The third-order valence-electron chi connectivity index (χ3n) is 2.45. The van der Waals surface area contributed by atoms with Crippen LogP contribution in [0, 0.1) is 0 Å². The lowest BCUT2D eigenvalue weighted by molar-refractivity contribution is 0.476. The Morgan fingerprint density at radius 2 is 1.57 bits per heavy atom. The van der Waals surface area contributed by atoms with E-state index in [1.54, 1.807) is 6.07 Å². The number of phenols is 1. The Kier molecular flexibility index (Phi) is 4.95.